The molecule has 2 aromatic carbocycles. The molecule has 3 N–H and O–H groups in total. The Kier molecular flexibility index (Phi) is 3.70. The molecule has 0 amide bonds. The van der Waals surface area contributed by atoms with Gasteiger partial charge in [-0.2, -0.15) is 0 Å². The van der Waals surface area contributed by atoms with Crippen LogP contribution in [-0.4, -0.2) is 12.6 Å². The third-order valence-corrected chi connectivity index (χ3v) is 3.56. The molecule has 0 unspecified atom stereocenters. The predicted octanol–water partition coefficient (Wildman–Crippen LogP) is 3.04. The number of fused-ring (bicyclic) bond motifs is 1. The predicted molar refractivity (Wildman–Crippen MR) is 82.1 cm³/mol. The van der Waals surface area contributed by atoms with Crippen LogP contribution in [0.15, 0.2) is 40.9 Å². The van der Waals surface area contributed by atoms with Crippen molar-refractivity contribution in [2.24, 2.45) is 5.73 Å². The molecule has 0 aliphatic carbocycles. The molecule has 6 heteroatoms. The quantitative estimate of drug-likeness (QED) is 0.657. The van der Waals surface area contributed by atoms with E-state index >= 15 is 0 Å². The minimum atomic E-state index is -0.0306. The summed E-state index contributed by atoms with van der Waals surface area (Å²) in [5, 5.41) is 7.60. The molecule has 0 aromatic heterocycles. The van der Waals surface area contributed by atoms with E-state index in [1.54, 1.807) is 12.1 Å². The first-order valence-corrected chi connectivity index (χ1v) is 7.08. The van der Waals surface area contributed by atoms with Gasteiger partial charge in [0.05, 0.1) is 5.56 Å². The van der Waals surface area contributed by atoms with E-state index < -0.39 is 0 Å². The molecule has 3 rings (SSSR count). The maximum Gasteiger partial charge on any atom is 0.231 e. The van der Waals surface area contributed by atoms with Gasteiger partial charge in [0.25, 0.3) is 0 Å². The van der Waals surface area contributed by atoms with Crippen molar-refractivity contribution in [3.05, 3.63) is 52.0 Å². The highest BCUT2D eigenvalue weighted by Gasteiger charge is 2.14. The molecule has 0 atom stereocenters. The first kappa shape index (κ1) is 13.8. The Labute approximate surface area is 130 Å². The first-order chi connectivity index (χ1) is 10.1. The normalized spacial score (nSPS) is 12.2. The Hall–Kier alpha value is -2.21. The smallest absolute Gasteiger partial charge is 0.231 e. The molecule has 21 heavy (non-hydrogen) atoms. The Bertz CT molecular complexity index is 703. The lowest BCUT2D eigenvalue weighted by Gasteiger charge is -2.11. The van der Waals surface area contributed by atoms with E-state index in [0.29, 0.717) is 17.9 Å². The zero-order valence-corrected chi connectivity index (χ0v) is 12.6. The van der Waals surface area contributed by atoms with Crippen molar-refractivity contribution in [1.82, 2.24) is 0 Å². The van der Waals surface area contributed by atoms with E-state index in [-0.39, 0.29) is 12.6 Å². The van der Waals surface area contributed by atoms with Gasteiger partial charge in [-0.05, 0) is 35.9 Å². The van der Waals surface area contributed by atoms with Crippen LogP contribution in [0.25, 0.3) is 0 Å². The van der Waals surface area contributed by atoms with Crippen molar-refractivity contribution in [2.45, 2.75) is 6.61 Å². The van der Waals surface area contributed by atoms with Crippen LogP contribution in [0.5, 0.6) is 17.2 Å². The molecular formula is C15H13BrN2O3. The number of rotatable bonds is 4. The second kappa shape index (κ2) is 5.65. The summed E-state index contributed by atoms with van der Waals surface area (Å²) >= 11 is 3.36. The van der Waals surface area contributed by atoms with Crippen molar-refractivity contribution >= 4 is 21.8 Å². The molecule has 0 saturated carbocycles. The Morgan fingerprint density at radius 2 is 2.00 bits per heavy atom. The van der Waals surface area contributed by atoms with Crippen LogP contribution in [-0.2, 0) is 6.61 Å². The number of hydrogen-bond donors (Lipinski definition) is 2. The second-order valence-corrected chi connectivity index (χ2v) is 5.45. The SMILES string of the molecule is N=C(N)c1cc(Br)ccc1OCc1ccc2c(c1)OCO2. The average Bonchev–Trinajstić information content (AvgIpc) is 2.93. The second-order valence-electron chi connectivity index (χ2n) is 4.53. The molecular weight excluding hydrogens is 336 g/mol. The fraction of sp³-hybridized carbons (Fsp3) is 0.133. The van der Waals surface area contributed by atoms with Crippen molar-refractivity contribution < 1.29 is 14.2 Å². The third-order valence-electron chi connectivity index (χ3n) is 3.06. The summed E-state index contributed by atoms with van der Waals surface area (Å²) in [5.41, 5.74) is 7.09. The van der Waals surface area contributed by atoms with Crippen LogP contribution in [0.3, 0.4) is 0 Å². The number of benzene rings is 2. The molecule has 1 aliphatic rings. The van der Waals surface area contributed by atoms with Gasteiger partial charge >= 0.3 is 0 Å². The van der Waals surface area contributed by atoms with E-state index in [1.165, 1.54) is 0 Å². The highest BCUT2D eigenvalue weighted by Crippen LogP contribution is 2.33. The van der Waals surface area contributed by atoms with Gasteiger partial charge in [0.15, 0.2) is 11.5 Å². The zero-order valence-electron chi connectivity index (χ0n) is 11.1. The molecule has 0 fully saturated rings. The zero-order chi connectivity index (χ0) is 14.8. The minimum absolute atomic E-state index is 0.0306. The molecule has 0 saturated heterocycles. The highest BCUT2D eigenvalue weighted by molar-refractivity contribution is 9.10. The fourth-order valence-electron chi connectivity index (χ4n) is 2.03. The summed E-state index contributed by atoms with van der Waals surface area (Å²) in [4.78, 5) is 0. The van der Waals surface area contributed by atoms with Gasteiger partial charge in [0.1, 0.15) is 18.2 Å². The molecule has 1 heterocycles. The van der Waals surface area contributed by atoms with E-state index in [2.05, 4.69) is 15.9 Å². The minimum Gasteiger partial charge on any atom is -0.488 e. The van der Waals surface area contributed by atoms with E-state index in [1.807, 2.05) is 24.3 Å². The van der Waals surface area contributed by atoms with Crippen molar-refractivity contribution in [3.63, 3.8) is 0 Å². The summed E-state index contributed by atoms with van der Waals surface area (Å²) in [5.74, 6) is 2.01. The topological polar surface area (TPSA) is 77.6 Å². The maximum atomic E-state index is 7.60. The van der Waals surface area contributed by atoms with Crippen molar-refractivity contribution in [1.29, 1.82) is 5.41 Å². The largest absolute Gasteiger partial charge is 0.488 e. The molecule has 0 bridgehead atoms. The number of amidine groups is 1. The number of nitrogen functional groups attached to an aromatic ring is 1. The molecule has 0 spiro atoms. The monoisotopic (exact) mass is 348 g/mol. The Morgan fingerprint density at radius 1 is 1.19 bits per heavy atom. The lowest BCUT2D eigenvalue weighted by Crippen LogP contribution is -2.13. The Morgan fingerprint density at radius 3 is 2.81 bits per heavy atom. The van der Waals surface area contributed by atoms with E-state index in [4.69, 9.17) is 25.4 Å². The third kappa shape index (κ3) is 2.95. The fourth-order valence-corrected chi connectivity index (χ4v) is 2.39. The number of hydrogen-bond acceptors (Lipinski definition) is 4. The summed E-state index contributed by atoms with van der Waals surface area (Å²) in [7, 11) is 0. The summed E-state index contributed by atoms with van der Waals surface area (Å²) in [6.07, 6.45) is 0. The van der Waals surface area contributed by atoms with Crippen LogP contribution in [0, 0.1) is 5.41 Å². The lowest BCUT2D eigenvalue weighted by molar-refractivity contribution is 0.174. The molecule has 0 radical (unpaired) electrons. The summed E-state index contributed by atoms with van der Waals surface area (Å²) < 4.78 is 17.2. The van der Waals surface area contributed by atoms with E-state index in [0.717, 1.165) is 21.5 Å². The van der Waals surface area contributed by atoms with Crippen molar-refractivity contribution in [3.8, 4) is 17.2 Å². The van der Waals surface area contributed by atoms with Crippen LogP contribution < -0.4 is 19.9 Å². The maximum absolute atomic E-state index is 7.60. The van der Waals surface area contributed by atoms with Gasteiger partial charge < -0.3 is 19.9 Å². The van der Waals surface area contributed by atoms with Crippen molar-refractivity contribution in [2.75, 3.05) is 6.79 Å². The van der Waals surface area contributed by atoms with Crippen LogP contribution in [0.4, 0.5) is 0 Å². The standard InChI is InChI=1S/C15H13BrN2O3/c16-10-2-4-12(11(6-10)15(17)18)19-7-9-1-3-13-14(5-9)21-8-20-13/h1-6H,7-8H2,(H3,17,18). The van der Waals surface area contributed by atoms with E-state index in [9.17, 15) is 0 Å². The van der Waals surface area contributed by atoms with Gasteiger partial charge in [0.2, 0.25) is 6.79 Å². The lowest BCUT2D eigenvalue weighted by atomic mass is 10.2. The Balaban J connectivity index is 1.77. The number of nitrogens with two attached hydrogens (primary N) is 1. The van der Waals surface area contributed by atoms with Gasteiger partial charge in [-0.15, -0.1) is 0 Å². The molecule has 108 valence electrons. The van der Waals surface area contributed by atoms with Gasteiger partial charge in [0, 0.05) is 4.47 Å². The summed E-state index contributed by atoms with van der Waals surface area (Å²) in [6, 6.07) is 11.1. The summed E-state index contributed by atoms with van der Waals surface area (Å²) in [6.45, 7) is 0.611. The highest BCUT2D eigenvalue weighted by atomic mass is 79.9. The molecule has 1 aliphatic heterocycles. The first-order valence-electron chi connectivity index (χ1n) is 6.29. The molecule has 2 aromatic rings. The number of ether oxygens (including phenoxy) is 3. The van der Waals surface area contributed by atoms with Crippen LogP contribution in [0.1, 0.15) is 11.1 Å². The number of nitrogens with one attached hydrogen (secondary N) is 1. The average molecular weight is 349 g/mol. The van der Waals surface area contributed by atoms with Gasteiger partial charge in [-0.3, -0.25) is 5.41 Å². The van der Waals surface area contributed by atoms with Gasteiger partial charge in [-0.1, -0.05) is 22.0 Å². The number of halogens is 1. The van der Waals surface area contributed by atoms with Gasteiger partial charge in [-0.25, -0.2) is 0 Å². The van der Waals surface area contributed by atoms with Crippen LogP contribution in [0.2, 0.25) is 0 Å². The van der Waals surface area contributed by atoms with Crippen LogP contribution >= 0.6 is 15.9 Å². The molecule has 5 nitrogen and oxygen atoms in total.